The van der Waals surface area contributed by atoms with E-state index in [1.807, 2.05) is 25.2 Å². The van der Waals surface area contributed by atoms with Crippen molar-refractivity contribution in [1.82, 2.24) is 4.90 Å². The molecule has 1 aromatic rings. The Morgan fingerprint density at radius 1 is 1.32 bits per heavy atom. The zero-order chi connectivity index (χ0) is 14.4. The Labute approximate surface area is 116 Å². The van der Waals surface area contributed by atoms with Crippen molar-refractivity contribution in [2.45, 2.75) is 33.2 Å². The van der Waals surface area contributed by atoms with Gasteiger partial charge >= 0.3 is 0 Å². The standard InChI is InChI=1S/C15H25N3O/c1-11(2)9-12(3)18(4)10-15(19)17-14-8-6-5-7-13(14)16/h5-8,11-12H,9-10,16H2,1-4H3,(H,17,19). The van der Waals surface area contributed by atoms with Crippen LogP contribution < -0.4 is 11.1 Å². The first kappa shape index (κ1) is 15.5. The number of carbonyl (C=O) groups excluding carboxylic acids is 1. The Kier molecular flexibility index (Phi) is 5.83. The highest BCUT2D eigenvalue weighted by Crippen LogP contribution is 2.16. The lowest BCUT2D eigenvalue weighted by molar-refractivity contribution is -0.117. The van der Waals surface area contributed by atoms with Crippen LogP contribution in [0, 0.1) is 5.92 Å². The van der Waals surface area contributed by atoms with Gasteiger partial charge in [0.15, 0.2) is 0 Å². The van der Waals surface area contributed by atoms with E-state index in [0.717, 1.165) is 6.42 Å². The molecule has 0 aliphatic carbocycles. The van der Waals surface area contributed by atoms with Gasteiger partial charge in [-0.1, -0.05) is 26.0 Å². The Morgan fingerprint density at radius 3 is 2.53 bits per heavy atom. The van der Waals surface area contributed by atoms with Crippen molar-refractivity contribution in [3.63, 3.8) is 0 Å². The van der Waals surface area contributed by atoms with Crippen LogP contribution in [0.15, 0.2) is 24.3 Å². The second-order valence-electron chi connectivity index (χ2n) is 5.53. The molecule has 0 heterocycles. The average molecular weight is 263 g/mol. The molecule has 0 bridgehead atoms. The molecule has 0 saturated heterocycles. The fourth-order valence-electron chi connectivity index (χ4n) is 2.05. The molecule has 0 spiro atoms. The average Bonchev–Trinajstić information content (AvgIpc) is 2.31. The molecule has 4 nitrogen and oxygen atoms in total. The van der Waals surface area contributed by atoms with Crippen molar-refractivity contribution in [3.8, 4) is 0 Å². The van der Waals surface area contributed by atoms with E-state index in [9.17, 15) is 4.79 Å². The minimum absolute atomic E-state index is 0.0315. The highest BCUT2D eigenvalue weighted by atomic mass is 16.2. The molecular formula is C15H25N3O. The van der Waals surface area contributed by atoms with E-state index in [0.29, 0.717) is 29.9 Å². The summed E-state index contributed by atoms with van der Waals surface area (Å²) in [5.74, 6) is 0.598. The lowest BCUT2D eigenvalue weighted by Crippen LogP contribution is -2.37. The Bertz CT molecular complexity index is 418. The van der Waals surface area contributed by atoms with Gasteiger partial charge in [0.05, 0.1) is 17.9 Å². The number of para-hydroxylation sites is 2. The molecule has 0 aliphatic heterocycles. The molecule has 1 unspecified atom stereocenters. The fraction of sp³-hybridized carbons (Fsp3) is 0.533. The fourth-order valence-corrected chi connectivity index (χ4v) is 2.05. The van der Waals surface area contributed by atoms with Gasteiger partial charge in [-0.15, -0.1) is 0 Å². The van der Waals surface area contributed by atoms with Gasteiger partial charge in [0.2, 0.25) is 5.91 Å². The number of likely N-dealkylation sites (N-methyl/N-ethyl adjacent to an activating group) is 1. The van der Waals surface area contributed by atoms with Gasteiger partial charge in [0.1, 0.15) is 0 Å². The number of nitrogens with one attached hydrogen (secondary N) is 1. The lowest BCUT2D eigenvalue weighted by atomic mass is 10.0. The summed E-state index contributed by atoms with van der Waals surface area (Å²) in [6.07, 6.45) is 1.08. The predicted molar refractivity (Wildman–Crippen MR) is 81.0 cm³/mol. The third-order valence-corrected chi connectivity index (χ3v) is 3.19. The molecule has 4 heteroatoms. The largest absolute Gasteiger partial charge is 0.397 e. The molecule has 1 rings (SSSR count). The van der Waals surface area contributed by atoms with E-state index < -0.39 is 0 Å². The monoisotopic (exact) mass is 263 g/mol. The van der Waals surface area contributed by atoms with Gasteiger partial charge < -0.3 is 11.1 Å². The number of nitrogens with two attached hydrogens (primary N) is 1. The van der Waals surface area contributed by atoms with Crippen LogP contribution in [-0.2, 0) is 4.79 Å². The predicted octanol–water partition coefficient (Wildman–Crippen LogP) is 2.57. The molecule has 1 atom stereocenters. The van der Waals surface area contributed by atoms with E-state index >= 15 is 0 Å². The van der Waals surface area contributed by atoms with Crippen LogP contribution in [0.25, 0.3) is 0 Å². The third kappa shape index (κ3) is 5.30. The second kappa shape index (κ2) is 7.14. The summed E-state index contributed by atoms with van der Waals surface area (Å²) in [7, 11) is 1.97. The maximum absolute atomic E-state index is 12.0. The molecule has 0 fully saturated rings. The number of nitrogen functional groups attached to an aromatic ring is 1. The molecule has 1 amide bonds. The van der Waals surface area contributed by atoms with Gasteiger partial charge in [-0.2, -0.15) is 0 Å². The molecule has 0 aromatic heterocycles. The highest BCUT2D eigenvalue weighted by molar-refractivity contribution is 5.95. The van der Waals surface area contributed by atoms with Crippen molar-refractivity contribution < 1.29 is 4.79 Å². The van der Waals surface area contributed by atoms with Crippen LogP contribution in [0.2, 0.25) is 0 Å². The lowest BCUT2D eigenvalue weighted by Gasteiger charge is -2.25. The van der Waals surface area contributed by atoms with Crippen molar-refractivity contribution >= 4 is 17.3 Å². The number of amides is 1. The topological polar surface area (TPSA) is 58.4 Å². The number of anilines is 2. The molecule has 106 valence electrons. The minimum Gasteiger partial charge on any atom is -0.397 e. The first-order valence-electron chi connectivity index (χ1n) is 6.74. The SMILES string of the molecule is CC(C)CC(C)N(C)CC(=O)Nc1ccccc1N. The van der Waals surface area contributed by atoms with E-state index in [-0.39, 0.29) is 5.91 Å². The number of benzene rings is 1. The van der Waals surface area contributed by atoms with Gasteiger partial charge in [0, 0.05) is 6.04 Å². The maximum Gasteiger partial charge on any atom is 0.238 e. The Balaban J connectivity index is 2.49. The molecule has 0 radical (unpaired) electrons. The van der Waals surface area contributed by atoms with Crippen LogP contribution >= 0.6 is 0 Å². The Morgan fingerprint density at radius 2 is 1.95 bits per heavy atom. The minimum atomic E-state index is -0.0315. The summed E-state index contributed by atoms with van der Waals surface area (Å²) in [5.41, 5.74) is 7.07. The quantitative estimate of drug-likeness (QED) is 0.776. The smallest absolute Gasteiger partial charge is 0.238 e. The first-order valence-corrected chi connectivity index (χ1v) is 6.74. The van der Waals surface area contributed by atoms with Crippen LogP contribution in [0.5, 0.6) is 0 Å². The molecule has 1 aromatic carbocycles. The van der Waals surface area contributed by atoms with Crippen molar-refractivity contribution in [3.05, 3.63) is 24.3 Å². The highest BCUT2D eigenvalue weighted by Gasteiger charge is 2.14. The normalized spacial score (nSPS) is 12.7. The zero-order valence-electron chi connectivity index (χ0n) is 12.3. The summed E-state index contributed by atoms with van der Waals surface area (Å²) in [4.78, 5) is 14.0. The molecule has 0 saturated carbocycles. The van der Waals surface area contributed by atoms with Crippen molar-refractivity contribution in [2.75, 3.05) is 24.6 Å². The van der Waals surface area contributed by atoms with E-state index in [1.165, 1.54) is 0 Å². The Hall–Kier alpha value is -1.55. The van der Waals surface area contributed by atoms with Crippen LogP contribution in [0.3, 0.4) is 0 Å². The van der Waals surface area contributed by atoms with Crippen LogP contribution in [0.1, 0.15) is 27.2 Å². The van der Waals surface area contributed by atoms with E-state index in [1.54, 1.807) is 6.07 Å². The van der Waals surface area contributed by atoms with Gasteiger partial charge in [-0.3, -0.25) is 9.69 Å². The molecule has 19 heavy (non-hydrogen) atoms. The van der Waals surface area contributed by atoms with E-state index in [4.69, 9.17) is 5.73 Å². The van der Waals surface area contributed by atoms with Gasteiger partial charge in [-0.25, -0.2) is 0 Å². The number of hydrogen-bond acceptors (Lipinski definition) is 3. The zero-order valence-corrected chi connectivity index (χ0v) is 12.3. The van der Waals surface area contributed by atoms with Gasteiger partial charge in [-0.05, 0) is 38.4 Å². The molecule has 0 aliphatic rings. The molecule has 3 N–H and O–H groups in total. The number of hydrogen-bond donors (Lipinski definition) is 2. The third-order valence-electron chi connectivity index (χ3n) is 3.19. The van der Waals surface area contributed by atoms with Crippen molar-refractivity contribution in [1.29, 1.82) is 0 Å². The van der Waals surface area contributed by atoms with Crippen LogP contribution in [-0.4, -0.2) is 30.4 Å². The number of rotatable bonds is 6. The summed E-state index contributed by atoms with van der Waals surface area (Å²) in [6.45, 7) is 6.90. The summed E-state index contributed by atoms with van der Waals surface area (Å²) < 4.78 is 0. The van der Waals surface area contributed by atoms with Crippen molar-refractivity contribution in [2.24, 2.45) is 5.92 Å². The molecular weight excluding hydrogens is 238 g/mol. The summed E-state index contributed by atoms with van der Waals surface area (Å²) in [6, 6.07) is 7.68. The number of nitrogens with zero attached hydrogens (tertiary/aromatic N) is 1. The first-order chi connectivity index (χ1) is 8.90. The number of carbonyl (C=O) groups is 1. The van der Waals surface area contributed by atoms with E-state index in [2.05, 4.69) is 31.0 Å². The maximum atomic E-state index is 12.0. The summed E-state index contributed by atoms with van der Waals surface area (Å²) in [5, 5.41) is 2.84. The van der Waals surface area contributed by atoms with Crippen LogP contribution in [0.4, 0.5) is 11.4 Å². The summed E-state index contributed by atoms with van der Waals surface area (Å²) >= 11 is 0. The second-order valence-corrected chi connectivity index (χ2v) is 5.53. The van der Waals surface area contributed by atoms with Gasteiger partial charge in [0.25, 0.3) is 0 Å².